The molecule has 0 saturated carbocycles. The van der Waals surface area contributed by atoms with Crippen molar-refractivity contribution >= 4 is 20.1 Å². The van der Waals surface area contributed by atoms with Crippen molar-refractivity contribution in [2.75, 3.05) is 13.7 Å². The molecule has 2 aliphatic heterocycles. The molecule has 12 heteroatoms. The molecule has 3 aromatic rings. The van der Waals surface area contributed by atoms with Crippen LogP contribution in [0.25, 0.3) is 22.6 Å². The number of primary amides is 1. The van der Waals surface area contributed by atoms with Gasteiger partial charge in [0.1, 0.15) is 17.0 Å². The van der Waals surface area contributed by atoms with Gasteiger partial charge in [-0.3, -0.25) is 9.59 Å². The zero-order valence-electron chi connectivity index (χ0n) is 26.9. The maximum Gasteiger partial charge on any atom is 0.271 e. The van der Waals surface area contributed by atoms with E-state index in [9.17, 15) is 9.59 Å². The predicted octanol–water partition coefficient (Wildman–Crippen LogP) is 4.34. The Bertz CT molecular complexity index is 1570. The van der Waals surface area contributed by atoms with Gasteiger partial charge in [-0.1, -0.05) is 34.1 Å². The summed E-state index contributed by atoms with van der Waals surface area (Å²) in [7, 11) is 1.22. The first-order valence-electron chi connectivity index (χ1n) is 15.1. The first kappa shape index (κ1) is 30.9. The standard InChI is InChI=1S/C31H45N7O4Si/c1-10-11-20-14-24(28(39)38-18-21(17-31(38,5)29(32)40)42-43(8,9)30(2,3)4)37-13-12-19-15-25(41-7)23(16-22(19)26(20)37)27-33-35-36(6)34-27/h14-16,21H,10-13,17-18H2,1-9H3,(H2,32,40)/t21-,31+/m0/s1. The van der Waals surface area contributed by atoms with Gasteiger partial charge in [0.2, 0.25) is 11.7 Å². The van der Waals surface area contributed by atoms with Crippen molar-refractivity contribution in [3.8, 4) is 28.4 Å². The molecule has 1 fully saturated rings. The summed E-state index contributed by atoms with van der Waals surface area (Å²) in [4.78, 5) is 30.5. The van der Waals surface area contributed by atoms with Crippen molar-refractivity contribution in [1.29, 1.82) is 0 Å². The lowest BCUT2D eigenvalue weighted by Gasteiger charge is -2.38. The fourth-order valence-corrected chi connectivity index (χ4v) is 7.53. The fraction of sp³-hybridized carbons (Fsp3) is 0.581. The average molecular weight is 608 g/mol. The van der Waals surface area contributed by atoms with Gasteiger partial charge in [-0.25, -0.2) is 0 Å². The van der Waals surface area contributed by atoms with Crippen molar-refractivity contribution < 1.29 is 18.8 Å². The number of ether oxygens (including phenoxy) is 1. The third kappa shape index (κ3) is 5.28. The highest BCUT2D eigenvalue weighted by Gasteiger charge is 2.52. The molecule has 1 saturated heterocycles. The molecule has 2 amide bonds. The number of fused-ring (bicyclic) bond motifs is 3. The average Bonchev–Trinajstić information content (AvgIpc) is 3.62. The van der Waals surface area contributed by atoms with Gasteiger partial charge in [0.05, 0.1) is 31.5 Å². The smallest absolute Gasteiger partial charge is 0.271 e. The van der Waals surface area contributed by atoms with Crippen LogP contribution in [0, 0.1) is 0 Å². The summed E-state index contributed by atoms with van der Waals surface area (Å²) < 4.78 is 14.5. The van der Waals surface area contributed by atoms with Gasteiger partial charge in [0.15, 0.2) is 8.32 Å². The summed E-state index contributed by atoms with van der Waals surface area (Å²) in [5.74, 6) is 0.447. The van der Waals surface area contributed by atoms with E-state index in [2.05, 4.69) is 66.8 Å². The number of aromatic nitrogens is 5. The van der Waals surface area contributed by atoms with Crippen LogP contribution in [0.15, 0.2) is 18.2 Å². The Morgan fingerprint density at radius 3 is 2.49 bits per heavy atom. The monoisotopic (exact) mass is 607 g/mol. The minimum atomic E-state index is -2.14. The summed E-state index contributed by atoms with van der Waals surface area (Å²) in [6.07, 6.45) is 2.56. The van der Waals surface area contributed by atoms with Crippen LogP contribution in [0.1, 0.15) is 69.1 Å². The number of rotatable bonds is 8. The number of carbonyl (C=O) groups excluding carboxylic acids is 2. The van der Waals surface area contributed by atoms with Crippen LogP contribution < -0.4 is 10.5 Å². The second-order valence-electron chi connectivity index (χ2n) is 13.6. The quantitative estimate of drug-likeness (QED) is 0.377. The van der Waals surface area contributed by atoms with Crippen LogP contribution in [0.2, 0.25) is 18.1 Å². The lowest BCUT2D eigenvalue weighted by atomic mass is 9.92. The Balaban J connectivity index is 1.58. The number of aryl methyl sites for hydroxylation is 3. The normalized spacial score (nSPS) is 20.2. The Kier molecular flexibility index (Phi) is 7.83. The molecule has 2 N–H and O–H groups in total. The van der Waals surface area contributed by atoms with Gasteiger partial charge < -0.3 is 24.4 Å². The van der Waals surface area contributed by atoms with E-state index in [0.29, 0.717) is 36.8 Å². The van der Waals surface area contributed by atoms with Gasteiger partial charge >= 0.3 is 0 Å². The number of benzene rings is 1. The molecular weight excluding hydrogens is 562 g/mol. The van der Waals surface area contributed by atoms with E-state index in [0.717, 1.165) is 47.2 Å². The predicted molar refractivity (Wildman–Crippen MR) is 167 cm³/mol. The molecule has 2 aliphatic rings. The SMILES string of the molecule is CCCc1cc(C(=O)N2C[C@@H](O[Si](C)(C)C(C)(C)C)C[C@]2(C)C(N)=O)n2c1-c1cc(-c3nnn(C)n3)c(OC)cc1CC2. The Labute approximate surface area is 254 Å². The van der Waals surface area contributed by atoms with Crippen LogP contribution in [-0.2, 0) is 35.7 Å². The summed E-state index contributed by atoms with van der Waals surface area (Å²) in [5, 5.41) is 12.6. The highest BCUT2D eigenvalue weighted by atomic mass is 28.4. The van der Waals surface area contributed by atoms with E-state index in [4.69, 9.17) is 14.9 Å². The van der Waals surface area contributed by atoms with Gasteiger partial charge in [0, 0.05) is 25.1 Å². The minimum absolute atomic E-state index is 0.00100. The number of methoxy groups -OCH3 is 1. The number of nitrogens with zero attached hydrogens (tertiary/aromatic N) is 6. The third-order valence-corrected chi connectivity index (χ3v) is 14.1. The van der Waals surface area contributed by atoms with Gasteiger partial charge in [-0.2, -0.15) is 4.80 Å². The summed E-state index contributed by atoms with van der Waals surface area (Å²) in [6, 6.07) is 6.10. The van der Waals surface area contributed by atoms with Crippen LogP contribution in [0.5, 0.6) is 5.75 Å². The summed E-state index contributed by atoms with van der Waals surface area (Å²) in [6.45, 7) is 15.8. The number of likely N-dealkylation sites (tertiary alicyclic amines) is 1. The third-order valence-electron chi connectivity index (χ3n) is 9.60. The van der Waals surface area contributed by atoms with Crippen LogP contribution in [0.3, 0.4) is 0 Å². The van der Waals surface area contributed by atoms with E-state index in [-0.39, 0.29) is 17.0 Å². The molecule has 0 aliphatic carbocycles. The molecule has 0 spiro atoms. The lowest BCUT2D eigenvalue weighted by Crippen LogP contribution is -2.54. The fourth-order valence-electron chi connectivity index (χ4n) is 6.18. The van der Waals surface area contributed by atoms with Crippen molar-refractivity contribution in [2.45, 2.75) is 96.6 Å². The Hall–Kier alpha value is -3.51. The van der Waals surface area contributed by atoms with Crippen molar-refractivity contribution in [3.63, 3.8) is 0 Å². The molecule has 11 nitrogen and oxygen atoms in total. The maximum absolute atomic E-state index is 14.5. The van der Waals surface area contributed by atoms with E-state index < -0.39 is 19.8 Å². The topological polar surface area (TPSA) is 130 Å². The van der Waals surface area contributed by atoms with Crippen LogP contribution >= 0.6 is 0 Å². The van der Waals surface area contributed by atoms with Crippen molar-refractivity contribution in [1.82, 2.24) is 29.7 Å². The number of amides is 2. The molecule has 232 valence electrons. The zero-order valence-corrected chi connectivity index (χ0v) is 27.9. The first-order chi connectivity index (χ1) is 20.1. The number of hydrogen-bond acceptors (Lipinski definition) is 7. The number of nitrogens with two attached hydrogens (primary N) is 1. The van der Waals surface area contributed by atoms with E-state index >= 15 is 0 Å². The lowest BCUT2D eigenvalue weighted by molar-refractivity contribution is -0.126. The molecule has 2 aromatic heterocycles. The van der Waals surface area contributed by atoms with Gasteiger partial charge in [-0.05, 0) is 72.4 Å². The Morgan fingerprint density at radius 2 is 1.91 bits per heavy atom. The summed E-state index contributed by atoms with van der Waals surface area (Å²) >= 11 is 0. The highest BCUT2D eigenvalue weighted by molar-refractivity contribution is 6.74. The molecule has 0 bridgehead atoms. The summed E-state index contributed by atoms with van der Waals surface area (Å²) in [5.41, 5.74) is 10.4. The largest absolute Gasteiger partial charge is 0.496 e. The van der Waals surface area contributed by atoms with Gasteiger partial charge in [0.25, 0.3) is 5.91 Å². The molecule has 0 unspecified atom stereocenters. The minimum Gasteiger partial charge on any atom is -0.496 e. The molecule has 0 radical (unpaired) electrons. The van der Waals surface area contributed by atoms with E-state index in [1.54, 1.807) is 26.0 Å². The second kappa shape index (κ2) is 10.9. The molecule has 2 atom stereocenters. The molecule has 4 heterocycles. The highest BCUT2D eigenvalue weighted by Crippen LogP contribution is 2.44. The van der Waals surface area contributed by atoms with Crippen LogP contribution in [0.4, 0.5) is 0 Å². The number of carbonyl (C=O) groups is 2. The van der Waals surface area contributed by atoms with Crippen LogP contribution in [-0.4, -0.2) is 75.1 Å². The number of hydrogen-bond donors (Lipinski definition) is 1. The maximum atomic E-state index is 14.5. The zero-order chi connectivity index (χ0) is 31.5. The number of tetrazole rings is 1. The van der Waals surface area contributed by atoms with Gasteiger partial charge in [-0.15, -0.1) is 10.2 Å². The molecular formula is C31H45N7O4Si. The molecule has 1 aromatic carbocycles. The van der Waals surface area contributed by atoms with Crippen molar-refractivity contribution in [3.05, 3.63) is 35.0 Å². The first-order valence-corrected chi connectivity index (χ1v) is 18.0. The van der Waals surface area contributed by atoms with E-state index in [1.807, 2.05) is 12.1 Å². The van der Waals surface area contributed by atoms with Crippen molar-refractivity contribution in [2.24, 2.45) is 12.8 Å². The molecule has 5 rings (SSSR count). The molecule has 43 heavy (non-hydrogen) atoms. The Morgan fingerprint density at radius 1 is 1.19 bits per heavy atom. The second-order valence-corrected chi connectivity index (χ2v) is 18.4. The van der Waals surface area contributed by atoms with E-state index in [1.165, 1.54) is 4.80 Å².